The Balaban J connectivity index is 1.40. The minimum Gasteiger partial charge on any atom is -0.482 e. The molecule has 5 N–H and O–H groups in total. The molecule has 5 rings (SSSR count). The van der Waals surface area contributed by atoms with Crippen molar-refractivity contribution in [1.82, 2.24) is 0 Å². The summed E-state index contributed by atoms with van der Waals surface area (Å²) in [6, 6.07) is 40.4. The van der Waals surface area contributed by atoms with Gasteiger partial charge in [0.15, 0.2) is 6.61 Å². The number of benzene rings is 5. The molecule has 0 fully saturated rings. The van der Waals surface area contributed by atoms with Gasteiger partial charge in [0.05, 0.1) is 0 Å². The van der Waals surface area contributed by atoms with Crippen LogP contribution in [0.25, 0.3) is 27.8 Å². The van der Waals surface area contributed by atoms with Crippen LogP contribution < -0.4 is 16.2 Å². The summed E-state index contributed by atoms with van der Waals surface area (Å²) in [5.41, 5.74) is 21.2. The van der Waals surface area contributed by atoms with E-state index in [-0.39, 0.29) is 6.61 Å². The molecule has 41 heavy (non-hydrogen) atoms. The first-order valence-corrected chi connectivity index (χ1v) is 14.1. The summed E-state index contributed by atoms with van der Waals surface area (Å²) in [5.74, 6) is 0.287. The molecular weight excluding hydrogens is 528 g/mol. The fourth-order valence-electron chi connectivity index (χ4n) is 4.52. The Kier molecular flexibility index (Phi) is 8.72. The van der Waals surface area contributed by atoms with Crippen LogP contribution in [0.1, 0.15) is 11.1 Å². The van der Waals surface area contributed by atoms with Gasteiger partial charge in [0.2, 0.25) is 0 Å². The number of rotatable bonds is 10. The van der Waals surface area contributed by atoms with E-state index in [0.717, 1.165) is 61.0 Å². The first kappa shape index (κ1) is 27.6. The van der Waals surface area contributed by atoms with Crippen LogP contribution in [0.3, 0.4) is 0 Å². The Morgan fingerprint density at radius 1 is 0.683 bits per heavy atom. The first-order chi connectivity index (χ1) is 19.9. The van der Waals surface area contributed by atoms with E-state index >= 15 is 0 Å². The van der Waals surface area contributed by atoms with Crippen molar-refractivity contribution in [2.75, 3.05) is 23.8 Å². The van der Waals surface area contributed by atoms with Crippen molar-refractivity contribution in [2.24, 2.45) is 0 Å². The maximum Gasteiger partial charge on any atom is 0.341 e. The highest BCUT2D eigenvalue weighted by Crippen LogP contribution is 2.31. The lowest BCUT2D eigenvalue weighted by Gasteiger charge is -2.12. The van der Waals surface area contributed by atoms with E-state index in [1.165, 1.54) is 0 Å². The van der Waals surface area contributed by atoms with Crippen LogP contribution in [0.2, 0.25) is 0 Å². The van der Waals surface area contributed by atoms with Gasteiger partial charge in [-0.25, -0.2) is 4.79 Å². The number of nitrogen functional groups attached to an aromatic ring is 2. The molecule has 5 nitrogen and oxygen atoms in total. The SMILES string of the molecule is Nc1cccc(-c2ccc(C(=CCSc3ccc(OCC(=O)O)cc3)c3ccc(-c4cccc(N)c4)cc3)cc2)c1. The molecule has 0 aliphatic carbocycles. The molecule has 0 aliphatic rings. The molecule has 0 aliphatic heterocycles. The van der Waals surface area contributed by atoms with E-state index in [0.29, 0.717) is 5.75 Å². The molecule has 5 aromatic carbocycles. The molecule has 5 aromatic rings. The molecule has 0 heterocycles. The van der Waals surface area contributed by atoms with Crippen LogP contribution in [-0.2, 0) is 4.79 Å². The van der Waals surface area contributed by atoms with Gasteiger partial charge in [-0.15, -0.1) is 11.8 Å². The summed E-state index contributed by atoms with van der Waals surface area (Å²) in [5, 5.41) is 8.81. The highest BCUT2D eigenvalue weighted by molar-refractivity contribution is 7.99. The number of hydrogen-bond donors (Lipinski definition) is 3. The van der Waals surface area contributed by atoms with E-state index in [2.05, 4.69) is 66.7 Å². The Bertz CT molecular complexity index is 1570. The summed E-state index contributed by atoms with van der Waals surface area (Å²) in [7, 11) is 0. The number of carboxylic acids is 1. The van der Waals surface area contributed by atoms with Crippen LogP contribution in [0.5, 0.6) is 5.75 Å². The smallest absolute Gasteiger partial charge is 0.341 e. The lowest BCUT2D eigenvalue weighted by atomic mass is 9.94. The minimum atomic E-state index is -0.997. The Morgan fingerprint density at radius 2 is 1.20 bits per heavy atom. The van der Waals surface area contributed by atoms with Crippen LogP contribution in [-0.4, -0.2) is 23.4 Å². The fourth-order valence-corrected chi connectivity index (χ4v) is 5.29. The number of thioether (sulfide) groups is 1. The van der Waals surface area contributed by atoms with Gasteiger partial charge in [-0.3, -0.25) is 0 Å². The molecule has 0 amide bonds. The van der Waals surface area contributed by atoms with Gasteiger partial charge in [-0.05, 0) is 87.5 Å². The van der Waals surface area contributed by atoms with E-state index < -0.39 is 5.97 Å². The van der Waals surface area contributed by atoms with Gasteiger partial charge in [0.1, 0.15) is 5.75 Å². The van der Waals surface area contributed by atoms with Gasteiger partial charge in [0.25, 0.3) is 0 Å². The average molecular weight is 559 g/mol. The third-order valence-electron chi connectivity index (χ3n) is 6.56. The van der Waals surface area contributed by atoms with Crippen molar-refractivity contribution in [2.45, 2.75) is 4.90 Å². The van der Waals surface area contributed by atoms with Crippen LogP contribution in [0.15, 0.2) is 132 Å². The third-order valence-corrected chi connectivity index (χ3v) is 7.49. The zero-order chi connectivity index (χ0) is 28.6. The second kappa shape index (κ2) is 12.9. The molecule has 0 atom stereocenters. The molecule has 0 unspecified atom stereocenters. The standard InChI is InChI=1S/C35H30N2O3S/c36-30-5-1-3-28(21-30)24-7-11-26(12-8-24)34(19-20-41-33-17-15-32(16-18-33)40-23-35(38)39)27-13-9-25(10-14-27)29-4-2-6-31(37)22-29/h1-19,21-22H,20,23,36-37H2,(H,38,39). The third kappa shape index (κ3) is 7.38. The predicted molar refractivity (Wildman–Crippen MR) is 170 cm³/mol. The zero-order valence-electron chi connectivity index (χ0n) is 22.4. The van der Waals surface area contributed by atoms with Crippen LogP contribution in [0, 0.1) is 0 Å². The molecule has 0 aromatic heterocycles. The van der Waals surface area contributed by atoms with Crippen molar-refractivity contribution in [3.63, 3.8) is 0 Å². The van der Waals surface area contributed by atoms with Crippen molar-refractivity contribution in [3.8, 4) is 28.0 Å². The number of carboxylic acid groups (broad SMARTS) is 1. The number of carbonyl (C=O) groups is 1. The van der Waals surface area contributed by atoms with Crippen molar-refractivity contribution in [1.29, 1.82) is 0 Å². The Hall–Kier alpha value is -4.94. The first-order valence-electron chi connectivity index (χ1n) is 13.1. The van der Waals surface area contributed by atoms with E-state index in [1.807, 2.05) is 48.5 Å². The normalized spacial score (nSPS) is 10.6. The van der Waals surface area contributed by atoms with Gasteiger partial charge < -0.3 is 21.3 Å². The van der Waals surface area contributed by atoms with E-state index in [4.69, 9.17) is 21.3 Å². The topological polar surface area (TPSA) is 98.6 Å². The second-order valence-corrected chi connectivity index (χ2v) is 10.6. The van der Waals surface area contributed by atoms with Crippen LogP contribution in [0.4, 0.5) is 11.4 Å². The number of hydrogen-bond acceptors (Lipinski definition) is 5. The number of aliphatic carboxylic acids is 1. The second-order valence-electron chi connectivity index (χ2n) is 9.49. The van der Waals surface area contributed by atoms with E-state index in [9.17, 15) is 4.79 Å². The number of nitrogens with two attached hydrogens (primary N) is 2. The quantitative estimate of drug-likeness (QED) is 0.119. The molecule has 0 bridgehead atoms. The summed E-state index contributed by atoms with van der Waals surface area (Å²) in [6.45, 7) is -0.356. The predicted octanol–water partition coefficient (Wildman–Crippen LogP) is 7.87. The van der Waals surface area contributed by atoms with Gasteiger partial charge in [-0.1, -0.05) is 78.9 Å². The average Bonchev–Trinajstić information content (AvgIpc) is 2.99. The Labute approximate surface area is 244 Å². The molecule has 0 saturated carbocycles. The molecule has 204 valence electrons. The van der Waals surface area contributed by atoms with Gasteiger partial charge >= 0.3 is 5.97 Å². The monoisotopic (exact) mass is 558 g/mol. The number of ether oxygens (including phenoxy) is 1. The largest absolute Gasteiger partial charge is 0.482 e. The van der Waals surface area contributed by atoms with Crippen molar-refractivity contribution >= 4 is 34.7 Å². The molecule has 0 radical (unpaired) electrons. The Morgan fingerprint density at radius 3 is 1.66 bits per heavy atom. The lowest BCUT2D eigenvalue weighted by Crippen LogP contribution is -2.09. The fraction of sp³-hybridized carbons (Fsp3) is 0.0571. The van der Waals surface area contributed by atoms with Gasteiger partial charge in [0, 0.05) is 22.0 Å². The lowest BCUT2D eigenvalue weighted by molar-refractivity contribution is -0.139. The summed E-state index contributed by atoms with van der Waals surface area (Å²) in [6.07, 6.45) is 2.24. The van der Waals surface area contributed by atoms with Crippen LogP contribution >= 0.6 is 11.8 Å². The minimum absolute atomic E-state index is 0.356. The summed E-state index contributed by atoms with van der Waals surface area (Å²) < 4.78 is 5.24. The molecular formula is C35H30N2O3S. The van der Waals surface area contributed by atoms with Crippen molar-refractivity contribution in [3.05, 3.63) is 139 Å². The summed E-state index contributed by atoms with van der Waals surface area (Å²) >= 11 is 1.70. The maximum absolute atomic E-state index is 10.7. The molecule has 0 saturated heterocycles. The van der Waals surface area contributed by atoms with Gasteiger partial charge in [-0.2, -0.15) is 0 Å². The van der Waals surface area contributed by atoms with E-state index in [1.54, 1.807) is 23.9 Å². The zero-order valence-corrected chi connectivity index (χ0v) is 23.2. The number of anilines is 2. The molecule has 6 heteroatoms. The maximum atomic E-state index is 10.7. The highest BCUT2D eigenvalue weighted by Gasteiger charge is 2.08. The van der Waals surface area contributed by atoms with Crippen molar-refractivity contribution < 1.29 is 14.6 Å². The molecule has 0 spiro atoms. The summed E-state index contributed by atoms with van der Waals surface area (Å²) in [4.78, 5) is 11.8. The highest BCUT2D eigenvalue weighted by atomic mass is 32.2.